The van der Waals surface area contributed by atoms with E-state index in [1.54, 1.807) is 6.07 Å². The Morgan fingerprint density at radius 2 is 1.94 bits per heavy atom. The molecule has 1 saturated carbocycles. The zero-order chi connectivity index (χ0) is 13.3. The fourth-order valence-corrected chi connectivity index (χ4v) is 3.58. The van der Waals surface area contributed by atoms with Crippen molar-refractivity contribution in [3.8, 4) is 0 Å². The van der Waals surface area contributed by atoms with E-state index in [4.69, 9.17) is 11.6 Å². The van der Waals surface area contributed by atoms with Gasteiger partial charge in [0.2, 0.25) is 0 Å². The highest BCUT2D eigenvalue weighted by Gasteiger charge is 2.37. The number of hydrogen-bond acceptors (Lipinski definition) is 0. The quantitative estimate of drug-likeness (QED) is 0.627. The minimum absolute atomic E-state index is 0.162. The minimum Gasteiger partial charge on any atom is -0.204 e. The molecule has 1 aliphatic carbocycles. The maximum atomic E-state index is 13.3. The summed E-state index contributed by atoms with van der Waals surface area (Å²) in [5.41, 5.74) is 0.853. The number of alkyl halides is 1. The lowest BCUT2D eigenvalue weighted by molar-refractivity contribution is 0.133. The van der Waals surface area contributed by atoms with Gasteiger partial charge in [-0.25, -0.2) is 8.78 Å². The fraction of sp³-hybridized carbons (Fsp3) is 0.600. The van der Waals surface area contributed by atoms with Crippen LogP contribution in [0.25, 0.3) is 0 Å². The van der Waals surface area contributed by atoms with Gasteiger partial charge in [0.25, 0.3) is 0 Å². The van der Waals surface area contributed by atoms with Gasteiger partial charge in [-0.15, -0.1) is 11.6 Å². The van der Waals surface area contributed by atoms with Crippen molar-refractivity contribution in [3.05, 3.63) is 35.4 Å². The van der Waals surface area contributed by atoms with Crippen LogP contribution in [0.3, 0.4) is 0 Å². The summed E-state index contributed by atoms with van der Waals surface area (Å²) >= 11 is 6.50. The molecule has 3 heteroatoms. The summed E-state index contributed by atoms with van der Waals surface area (Å²) < 4.78 is 26.2. The molecule has 0 saturated heterocycles. The summed E-state index contributed by atoms with van der Waals surface area (Å²) in [6.45, 7) is 4.43. The van der Waals surface area contributed by atoms with E-state index in [2.05, 4.69) is 13.8 Å². The van der Waals surface area contributed by atoms with Crippen molar-refractivity contribution in [1.82, 2.24) is 0 Å². The number of halogens is 3. The molecule has 1 fully saturated rings. The third kappa shape index (κ3) is 2.69. The standard InChI is InChI=1S/C15H19ClF2/c1-15(2)8-4-3-5-11(15)14(16)10-6-7-12(17)13(18)9-10/h6-7,9,11,14H,3-5,8H2,1-2H3. The molecule has 2 rings (SSSR count). The Morgan fingerprint density at radius 1 is 1.22 bits per heavy atom. The van der Waals surface area contributed by atoms with Crippen molar-refractivity contribution in [3.63, 3.8) is 0 Å². The Balaban J connectivity index is 2.24. The highest BCUT2D eigenvalue weighted by Crippen LogP contribution is 2.49. The normalized spacial score (nSPS) is 24.8. The first kappa shape index (κ1) is 13.8. The van der Waals surface area contributed by atoms with E-state index in [0.717, 1.165) is 18.9 Å². The third-order valence-electron chi connectivity index (χ3n) is 4.21. The van der Waals surface area contributed by atoms with Crippen molar-refractivity contribution in [2.45, 2.75) is 44.9 Å². The Bertz CT molecular complexity index is 429. The molecule has 0 radical (unpaired) electrons. The van der Waals surface area contributed by atoms with E-state index in [-0.39, 0.29) is 10.8 Å². The summed E-state index contributed by atoms with van der Waals surface area (Å²) in [6.07, 6.45) is 4.59. The monoisotopic (exact) mass is 272 g/mol. The molecule has 0 heterocycles. The molecule has 0 aliphatic heterocycles. The third-order valence-corrected chi connectivity index (χ3v) is 4.76. The first-order valence-corrected chi connectivity index (χ1v) is 6.94. The van der Waals surface area contributed by atoms with Gasteiger partial charge in [0.1, 0.15) is 0 Å². The smallest absolute Gasteiger partial charge is 0.159 e. The molecule has 1 aromatic carbocycles. The van der Waals surface area contributed by atoms with E-state index < -0.39 is 11.6 Å². The van der Waals surface area contributed by atoms with Gasteiger partial charge in [-0.1, -0.05) is 32.8 Å². The van der Waals surface area contributed by atoms with Gasteiger partial charge in [0.05, 0.1) is 5.38 Å². The molecule has 0 aromatic heterocycles. The lowest BCUT2D eigenvalue weighted by Gasteiger charge is -2.41. The Morgan fingerprint density at radius 3 is 2.56 bits per heavy atom. The predicted molar refractivity (Wildman–Crippen MR) is 70.7 cm³/mol. The van der Waals surface area contributed by atoms with E-state index in [9.17, 15) is 8.78 Å². The Hall–Kier alpha value is -0.630. The van der Waals surface area contributed by atoms with Gasteiger partial charge < -0.3 is 0 Å². The van der Waals surface area contributed by atoms with Gasteiger partial charge in [-0.2, -0.15) is 0 Å². The van der Waals surface area contributed by atoms with Gasteiger partial charge >= 0.3 is 0 Å². The summed E-state index contributed by atoms with van der Waals surface area (Å²) in [7, 11) is 0. The average molecular weight is 273 g/mol. The van der Waals surface area contributed by atoms with Gasteiger partial charge in [0.15, 0.2) is 11.6 Å². The number of benzene rings is 1. The van der Waals surface area contributed by atoms with Crippen LogP contribution in [0.2, 0.25) is 0 Å². The molecule has 0 nitrogen and oxygen atoms in total. The topological polar surface area (TPSA) is 0 Å². The molecule has 0 amide bonds. The molecule has 100 valence electrons. The van der Waals surface area contributed by atoms with E-state index in [1.807, 2.05) is 0 Å². The van der Waals surface area contributed by atoms with Gasteiger partial charge in [-0.3, -0.25) is 0 Å². The van der Waals surface area contributed by atoms with Crippen LogP contribution < -0.4 is 0 Å². The number of rotatable bonds is 2. The van der Waals surface area contributed by atoms with Crippen molar-refractivity contribution < 1.29 is 8.78 Å². The summed E-state index contributed by atoms with van der Waals surface area (Å²) in [6, 6.07) is 3.99. The summed E-state index contributed by atoms with van der Waals surface area (Å²) in [5.74, 6) is -1.31. The molecule has 2 unspecified atom stereocenters. The van der Waals surface area contributed by atoms with Crippen molar-refractivity contribution >= 4 is 11.6 Å². The van der Waals surface area contributed by atoms with Crippen LogP contribution in [0.4, 0.5) is 8.78 Å². The Kier molecular flexibility index (Phi) is 3.96. The molecular formula is C15H19ClF2. The minimum atomic E-state index is -0.814. The average Bonchev–Trinajstić information content (AvgIpc) is 2.31. The van der Waals surface area contributed by atoms with E-state index in [0.29, 0.717) is 11.5 Å². The molecular weight excluding hydrogens is 254 g/mol. The summed E-state index contributed by atoms with van der Waals surface area (Å²) in [4.78, 5) is 0. The lowest BCUT2D eigenvalue weighted by Crippen LogP contribution is -2.30. The second-order valence-corrected chi connectivity index (χ2v) is 6.39. The SMILES string of the molecule is CC1(C)CCCCC1C(Cl)c1ccc(F)c(F)c1. The predicted octanol–water partition coefficient (Wildman–Crippen LogP) is 5.46. The summed E-state index contributed by atoms with van der Waals surface area (Å²) in [5, 5.41) is -0.240. The van der Waals surface area contributed by atoms with Crippen molar-refractivity contribution in [2.24, 2.45) is 11.3 Å². The highest BCUT2D eigenvalue weighted by atomic mass is 35.5. The zero-order valence-electron chi connectivity index (χ0n) is 10.8. The molecule has 2 atom stereocenters. The van der Waals surface area contributed by atoms with Gasteiger partial charge in [-0.05, 0) is 41.9 Å². The number of hydrogen-bond donors (Lipinski definition) is 0. The largest absolute Gasteiger partial charge is 0.204 e. The van der Waals surface area contributed by atoms with E-state index >= 15 is 0 Å². The highest BCUT2D eigenvalue weighted by molar-refractivity contribution is 6.21. The molecule has 1 aromatic rings. The Labute approximate surface area is 112 Å². The van der Waals surface area contributed by atoms with Crippen LogP contribution in [0, 0.1) is 23.0 Å². The molecule has 0 N–H and O–H groups in total. The van der Waals surface area contributed by atoms with Crippen LogP contribution in [-0.4, -0.2) is 0 Å². The molecule has 1 aliphatic rings. The maximum Gasteiger partial charge on any atom is 0.159 e. The van der Waals surface area contributed by atoms with Crippen molar-refractivity contribution in [2.75, 3.05) is 0 Å². The van der Waals surface area contributed by atoms with Crippen molar-refractivity contribution in [1.29, 1.82) is 0 Å². The second kappa shape index (κ2) is 5.16. The van der Waals surface area contributed by atoms with Gasteiger partial charge in [0, 0.05) is 0 Å². The van der Waals surface area contributed by atoms with E-state index in [1.165, 1.54) is 18.9 Å². The molecule has 0 bridgehead atoms. The first-order chi connectivity index (χ1) is 8.42. The van der Waals surface area contributed by atoms with Crippen LogP contribution in [-0.2, 0) is 0 Å². The zero-order valence-corrected chi connectivity index (χ0v) is 11.6. The van der Waals surface area contributed by atoms with Crippen LogP contribution >= 0.6 is 11.6 Å². The second-order valence-electron chi connectivity index (χ2n) is 5.92. The molecule has 18 heavy (non-hydrogen) atoms. The van der Waals surface area contributed by atoms with Crippen LogP contribution in [0.5, 0.6) is 0 Å². The lowest BCUT2D eigenvalue weighted by atomic mass is 9.66. The first-order valence-electron chi connectivity index (χ1n) is 6.51. The molecule has 0 spiro atoms. The fourth-order valence-electron chi connectivity index (χ4n) is 2.98. The maximum absolute atomic E-state index is 13.3. The van der Waals surface area contributed by atoms with Crippen LogP contribution in [0.1, 0.15) is 50.5 Å². The van der Waals surface area contributed by atoms with Crippen LogP contribution in [0.15, 0.2) is 18.2 Å².